The van der Waals surface area contributed by atoms with Crippen LogP contribution < -0.4 is 10.1 Å². The van der Waals surface area contributed by atoms with E-state index in [1.165, 1.54) is 0 Å². The van der Waals surface area contributed by atoms with Gasteiger partial charge in [-0.05, 0) is 42.5 Å². The van der Waals surface area contributed by atoms with Crippen LogP contribution in [0.2, 0.25) is 5.02 Å². The number of halogens is 2. The fourth-order valence-corrected chi connectivity index (χ4v) is 2.47. The lowest BCUT2D eigenvalue weighted by Crippen LogP contribution is -2.21. The third-order valence-corrected chi connectivity index (χ3v) is 4.19. The van der Waals surface area contributed by atoms with Crippen molar-refractivity contribution in [1.82, 2.24) is 0 Å². The predicted octanol–water partition coefficient (Wildman–Crippen LogP) is 2.90. The van der Waals surface area contributed by atoms with Crippen molar-refractivity contribution in [3.63, 3.8) is 0 Å². The molecule has 122 valence electrons. The van der Waals surface area contributed by atoms with E-state index < -0.39 is 21.6 Å². The number of carbonyl (C=O) groups is 1. The van der Waals surface area contributed by atoms with E-state index in [2.05, 4.69) is 5.32 Å². The molecule has 2 aromatic carbocycles. The number of amides is 1. The van der Waals surface area contributed by atoms with Gasteiger partial charge in [0.2, 0.25) is 0 Å². The molecule has 0 unspecified atom stereocenters. The highest BCUT2D eigenvalue weighted by molar-refractivity contribution is 7.90. The van der Waals surface area contributed by atoms with Crippen LogP contribution in [0.3, 0.4) is 0 Å². The Morgan fingerprint density at radius 2 is 1.87 bits per heavy atom. The molecule has 0 saturated heterocycles. The Kier molecular flexibility index (Phi) is 5.23. The van der Waals surface area contributed by atoms with E-state index >= 15 is 0 Å². The van der Waals surface area contributed by atoms with Crippen molar-refractivity contribution in [2.45, 2.75) is 4.90 Å². The van der Waals surface area contributed by atoms with E-state index in [1.54, 1.807) is 24.3 Å². The minimum Gasteiger partial charge on any atom is -0.484 e. The molecule has 5 nitrogen and oxygen atoms in total. The van der Waals surface area contributed by atoms with Crippen LogP contribution in [0.4, 0.5) is 10.1 Å². The van der Waals surface area contributed by atoms with Crippen molar-refractivity contribution in [2.75, 3.05) is 18.2 Å². The first-order chi connectivity index (χ1) is 10.8. The molecule has 1 N–H and O–H groups in total. The summed E-state index contributed by atoms with van der Waals surface area (Å²) in [5.41, 5.74) is -0.224. The van der Waals surface area contributed by atoms with Crippen molar-refractivity contribution in [3.05, 3.63) is 53.3 Å². The lowest BCUT2D eigenvalue weighted by atomic mass is 10.3. The molecule has 0 heterocycles. The average Bonchev–Trinajstić information content (AvgIpc) is 2.48. The van der Waals surface area contributed by atoms with Gasteiger partial charge in [0.25, 0.3) is 5.91 Å². The molecule has 8 heteroatoms. The molecule has 0 fully saturated rings. The fraction of sp³-hybridized carbons (Fsp3) is 0.133. The molecule has 2 rings (SSSR count). The van der Waals surface area contributed by atoms with Gasteiger partial charge >= 0.3 is 0 Å². The molecule has 0 atom stereocenters. The first kappa shape index (κ1) is 17.2. The quantitative estimate of drug-likeness (QED) is 0.835. The monoisotopic (exact) mass is 357 g/mol. The van der Waals surface area contributed by atoms with Crippen LogP contribution in [-0.2, 0) is 14.6 Å². The summed E-state index contributed by atoms with van der Waals surface area (Å²) in [5.74, 6) is -0.934. The van der Waals surface area contributed by atoms with E-state index in [4.69, 9.17) is 16.3 Å². The molecule has 2 aromatic rings. The highest BCUT2D eigenvalue weighted by Gasteiger charge is 2.13. The summed E-state index contributed by atoms with van der Waals surface area (Å²) in [7, 11) is -3.50. The lowest BCUT2D eigenvalue weighted by molar-refractivity contribution is -0.118. The number of benzene rings is 2. The predicted molar refractivity (Wildman–Crippen MR) is 85.1 cm³/mol. The second-order valence-corrected chi connectivity index (χ2v) is 7.16. The average molecular weight is 358 g/mol. The molecule has 0 saturated carbocycles. The van der Waals surface area contributed by atoms with Crippen LogP contribution in [0.25, 0.3) is 0 Å². The third-order valence-electron chi connectivity index (χ3n) is 2.82. The standard InChI is InChI=1S/C15H13ClFNO4S/c1-23(20,21)12-6-7-13(17)14(8-12)18-15(19)9-22-11-4-2-10(16)3-5-11/h2-8H,9H2,1H3,(H,18,19). The molecule has 0 bridgehead atoms. The second-order valence-electron chi connectivity index (χ2n) is 4.70. The Morgan fingerprint density at radius 1 is 1.22 bits per heavy atom. The van der Waals surface area contributed by atoms with E-state index in [0.29, 0.717) is 10.8 Å². The van der Waals surface area contributed by atoms with Crippen LogP contribution in [0, 0.1) is 5.82 Å². The number of hydrogen-bond donors (Lipinski definition) is 1. The van der Waals surface area contributed by atoms with Crippen molar-refractivity contribution >= 4 is 33.0 Å². The number of ether oxygens (including phenoxy) is 1. The molecular formula is C15H13ClFNO4S. The molecule has 0 radical (unpaired) electrons. The molecule has 1 amide bonds. The summed E-state index contributed by atoms with van der Waals surface area (Å²) in [6.45, 7) is -0.357. The summed E-state index contributed by atoms with van der Waals surface area (Å²) < 4.78 is 41.8. The first-order valence-corrected chi connectivity index (χ1v) is 8.70. The topological polar surface area (TPSA) is 72.5 Å². The first-order valence-electron chi connectivity index (χ1n) is 6.43. The van der Waals surface area contributed by atoms with Crippen LogP contribution in [0.1, 0.15) is 0 Å². The normalized spacial score (nSPS) is 11.1. The smallest absolute Gasteiger partial charge is 0.262 e. The third kappa shape index (κ3) is 4.94. The minimum absolute atomic E-state index is 0.0900. The Bertz CT molecular complexity index is 822. The molecule has 0 spiro atoms. The van der Waals surface area contributed by atoms with Crippen LogP contribution in [-0.4, -0.2) is 27.2 Å². The molecular weight excluding hydrogens is 345 g/mol. The van der Waals surface area contributed by atoms with Crippen LogP contribution >= 0.6 is 11.6 Å². The number of sulfone groups is 1. The van der Waals surface area contributed by atoms with Gasteiger partial charge in [0, 0.05) is 11.3 Å². The summed E-state index contributed by atoms with van der Waals surface area (Å²) in [5, 5.41) is 2.80. The number of anilines is 1. The van der Waals surface area contributed by atoms with Gasteiger partial charge < -0.3 is 10.1 Å². The maximum absolute atomic E-state index is 13.7. The van der Waals surface area contributed by atoms with Gasteiger partial charge in [-0.1, -0.05) is 11.6 Å². The van der Waals surface area contributed by atoms with E-state index in [9.17, 15) is 17.6 Å². The summed E-state index contributed by atoms with van der Waals surface area (Å²) >= 11 is 5.73. The van der Waals surface area contributed by atoms with E-state index in [1.807, 2.05) is 0 Å². The van der Waals surface area contributed by atoms with Gasteiger partial charge in [0.05, 0.1) is 10.6 Å². The lowest BCUT2D eigenvalue weighted by Gasteiger charge is -2.09. The molecule has 0 aliphatic heterocycles. The second kappa shape index (κ2) is 6.97. The molecule has 0 aliphatic rings. The van der Waals surface area contributed by atoms with Gasteiger partial charge in [-0.25, -0.2) is 12.8 Å². The summed E-state index contributed by atoms with van der Waals surface area (Å²) in [4.78, 5) is 11.7. The van der Waals surface area contributed by atoms with E-state index in [-0.39, 0.29) is 17.2 Å². The van der Waals surface area contributed by atoms with Crippen molar-refractivity contribution in [1.29, 1.82) is 0 Å². The van der Waals surface area contributed by atoms with Gasteiger partial charge in [-0.3, -0.25) is 4.79 Å². The summed E-state index contributed by atoms with van der Waals surface area (Å²) in [6, 6.07) is 9.54. The van der Waals surface area contributed by atoms with Gasteiger partial charge in [0.1, 0.15) is 11.6 Å². The molecule has 0 aliphatic carbocycles. The Morgan fingerprint density at radius 3 is 2.48 bits per heavy atom. The zero-order chi connectivity index (χ0) is 17.0. The number of hydrogen-bond acceptors (Lipinski definition) is 4. The fourth-order valence-electron chi connectivity index (χ4n) is 1.70. The highest BCUT2D eigenvalue weighted by atomic mass is 35.5. The van der Waals surface area contributed by atoms with Gasteiger partial charge in [-0.15, -0.1) is 0 Å². The van der Waals surface area contributed by atoms with Crippen molar-refractivity contribution in [2.24, 2.45) is 0 Å². The number of rotatable bonds is 5. The summed E-state index contributed by atoms with van der Waals surface area (Å²) in [6.07, 6.45) is 0.996. The largest absolute Gasteiger partial charge is 0.484 e. The van der Waals surface area contributed by atoms with Crippen LogP contribution in [0.5, 0.6) is 5.75 Å². The molecule has 0 aromatic heterocycles. The van der Waals surface area contributed by atoms with Crippen molar-refractivity contribution in [3.8, 4) is 5.75 Å². The number of nitrogens with one attached hydrogen (secondary N) is 1. The zero-order valence-electron chi connectivity index (χ0n) is 12.0. The van der Waals surface area contributed by atoms with Crippen molar-refractivity contribution < 1.29 is 22.3 Å². The van der Waals surface area contributed by atoms with Crippen LogP contribution in [0.15, 0.2) is 47.4 Å². The highest BCUT2D eigenvalue weighted by Crippen LogP contribution is 2.20. The maximum atomic E-state index is 13.7. The van der Waals surface area contributed by atoms with E-state index in [0.717, 1.165) is 24.5 Å². The Hall–Kier alpha value is -2.12. The maximum Gasteiger partial charge on any atom is 0.262 e. The zero-order valence-corrected chi connectivity index (χ0v) is 13.6. The van der Waals surface area contributed by atoms with Gasteiger partial charge in [-0.2, -0.15) is 0 Å². The molecule has 23 heavy (non-hydrogen) atoms. The number of carbonyl (C=O) groups excluding carboxylic acids is 1. The SMILES string of the molecule is CS(=O)(=O)c1ccc(F)c(NC(=O)COc2ccc(Cl)cc2)c1. The Labute approximate surface area is 138 Å². The van der Waals surface area contributed by atoms with Gasteiger partial charge in [0.15, 0.2) is 16.4 Å². The minimum atomic E-state index is -3.50. The Balaban J connectivity index is 2.04.